The van der Waals surface area contributed by atoms with Crippen molar-refractivity contribution in [2.75, 3.05) is 0 Å². The maximum absolute atomic E-state index is 6.51. The fourth-order valence-electron chi connectivity index (χ4n) is 6.24. The molecule has 8 aromatic rings. The van der Waals surface area contributed by atoms with Gasteiger partial charge in [0.05, 0.1) is 16.7 Å². The number of benzene rings is 6. The second kappa shape index (κ2) is 7.62. The van der Waals surface area contributed by atoms with Crippen molar-refractivity contribution in [3.05, 3.63) is 127 Å². The Bertz CT molecular complexity index is 2270. The number of aromatic nitrogens is 1. The van der Waals surface area contributed by atoms with Gasteiger partial charge in [0.2, 0.25) is 0 Å². The summed E-state index contributed by atoms with van der Waals surface area (Å²) in [6.07, 6.45) is 0. The zero-order chi connectivity index (χ0) is 25.5. The molecule has 182 valence electrons. The molecule has 0 spiro atoms. The van der Waals surface area contributed by atoms with E-state index in [1.165, 1.54) is 16.3 Å². The summed E-state index contributed by atoms with van der Waals surface area (Å²) < 4.78 is 15.2. The van der Waals surface area contributed by atoms with Crippen LogP contribution in [0.4, 0.5) is 0 Å². The van der Waals surface area contributed by atoms with Crippen LogP contribution in [-0.2, 0) is 0 Å². The van der Waals surface area contributed by atoms with Crippen molar-refractivity contribution in [2.45, 2.75) is 0 Å². The van der Waals surface area contributed by atoms with Crippen molar-refractivity contribution in [2.24, 2.45) is 0 Å². The van der Waals surface area contributed by atoms with Gasteiger partial charge in [-0.25, -0.2) is 0 Å². The van der Waals surface area contributed by atoms with E-state index < -0.39 is 0 Å². The molecule has 1 aliphatic rings. The SMILES string of the molecule is c1cc(-c2cc3c4c(c2)c2ccccc2n4-c2ccccc2O3)cc(-c2cccc3c2oc2ccccc23)c1. The van der Waals surface area contributed by atoms with E-state index in [1.807, 2.05) is 24.3 Å². The minimum Gasteiger partial charge on any atom is -0.455 e. The number of nitrogens with zero attached hydrogens (tertiary/aromatic N) is 1. The number of rotatable bonds is 2. The molecule has 0 unspecified atom stereocenters. The molecular formula is C36H21NO2. The van der Waals surface area contributed by atoms with Crippen LogP contribution in [0.15, 0.2) is 132 Å². The van der Waals surface area contributed by atoms with Gasteiger partial charge in [0.15, 0.2) is 11.5 Å². The number of fused-ring (bicyclic) bond motifs is 8. The first-order valence-corrected chi connectivity index (χ1v) is 13.2. The van der Waals surface area contributed by atoms with Gasteiger partial charge in [0.25, 0.3) is 0 Å². The van der Waals surface area contributed by atoms with Crippen LogP contribution >= 0.6 is 0 Å². The average Bonchev–Trinajstić information content (AvgIpc) is 3.54. The van der Waals surface area contributed by atoms with E-state index in [4.69, 9.17) is 9.15 Å². The smallest absolute Gasteiger partial charge is 0.152 e. The lowest BCUT2D eigenvalue weighted by atomic mass is 9.96. The molecule has 39 heavy (non-hydrogen) atoms. The van der Waals surface area contributed by atoms with Crippen molar-refractivity contribution >= 4 is 43.7 Å². The van der Waals surface area contributed by atoms with Gasteiger partial charge in [0, 0.05) is 27.1 Å². The largest absolute Gasteiger partial charge is 0.455 e. The Kier molecular flexibility index (Phi) is 4.05. The van der Waals surface area contributed by atoms with Crippen LogP contribution in [0.1, 0.15) is 0 Å². The second-order valence-electron chi connectivity index (χ2n) is 10.2. The van der Waals surface area contributed by atoms with Crippen LogP contribution < -0.4 is 4.74 Å². The molecule has 0 amide bonds. The Morgan fingerprint density at radius 3 is 2.23 bits per heavy atom. The molecule has 2 aromatic heterocycles. The summed E-state index contributed by atoms with van der Waals surface area (Å²) >= 11 is 0. The molecule has 0 radical (unpaired) electrons. The Morgan fingerprint density at radius 2 is 1.26 bits per heavy atom. The highest BCUT2D eigenvalue weighted by Gasteiger charge is 2.24. The second-order valence-corrected chi connectivity index (χ2v) is 10.2. The Balaban J connectivity index is 1.27. The molecule has 0 saturated heterocycles. The van der Waals surface area contributed by atoms with Gasteiger partial charge in [0.1, 0.15) is 11.2 Å². The summed E-state index contributed by atoms with van der Waals surface area (Å²) in [5.41, 5.74) is 9.68. The fraction of sp³-hybridized carbons (Fsp3) is 0. The molecule has 3 heterocycles. The first-order chi connectivity index (χ1) is 19.3. The maximum atomic E-state index is 6.51. The third kappa shape index (κ3) is 2.87. The summed E-state index contributed by atoms with van der Waals surface area (Å²) in [5.74, 6) is 1.75. The highest BCUT2D eigenvalue weighted by molar-refractivity contribution is 6.14. The lowest BCUT2D eigenvalue weighted by molar-refractivity contribution is 0.476. The van der Waals surface area contributed by atoms with Crippen molar-refractivity contribution < 1.29 is 9.15 Å². The quantitative estimate of drug-likeness (QED) is 0.237. The Hall–Kier alpha value is -5.28. The Labute approximate surface area is 224 Å². The van der Waals surface area contributed by atoms with Gasteiger partial charge in [-0.05, 0) is 59.2 Å². The van der Waals surface area contributed by atoms with E-state index in [0.717, 1.165) is 66.9 Å². The molecule has 6 aromatic carbocycles. The lowest BCUT2D eigenvalue weighted by Crippen LogP contribution is -2.03. The summed E-state index contributed by atoms with van der Waals surface area (Å²) in [4.78, 5) is 0. The topological polar surface area (TPSA) is 27.3 Å². The van der Waals surface area contributed by atoms with Crippen molar-refractivity contribution in [1.82, 2.24) is 4.57 Å². The van der Waals surface area contributed by atoms with E-state index in [2.05, 4.69) is 108 Å². The summed E-state index contributed by atoms with van der Waals surface area (Å²) in [5, 5.41) is 4.69. The van der Waals surface area contributed by atoms with E-state index >= 15 is 0 Å². The van der Waals surface area contributed by atoms with Crippen molar-refractivity contribution in [3.63, 3.8) is 0 Å². The fourth-order valence-corrected chi connectivity index (χ4v) is 6.24. The van der Waals surface area contributed by atoms with Gasteiger partial charge in [-0.3, -0.25) is 0 Å². The summed E-state index contributed by atoms with van der Waals surface area (Å²) in [6, 6.07) is 44.7. The molecule has 0 atom stereocenters. The number of hydrogen-bond donors (Lipinski definition) is 0. The molecule has 0 aliphatic carbocycles. The zero-order valence-corrected chi connectivity index (χ0v) is 20.9. The average molecular weight is 500 g/mol. The molecule has 1 aliphatic heterocycles. The molecule has 0 bridgehead atoms. The Morgan fingerprint density at radius 1 is 0.487 bits per heavy atom. The molecular weight excluding hydrogens is 478 g/mol. The van der Waals surface area contributed by atoms with Gasteiger partial charge < -0.3 is 13.7 Å². The normalized spacial score (nSPS) is 12.3. The zero-order valence-electron chi connectivity index (χ0n) is 20.9. The van der Waals surface area contributed by atoms with Crippen LogP contribution in [0.2, 0.25) is 0 Å². The predicted molar refractivity (Wildman–Crippen MR) is 159 cm³/mol. The monoisotopic (exact) mass is 499 g/mol. The number of para-hydroxylation sites is 5. The third-order valence-corrected chi connectivity index (χ3v) is 7.97. The van der Waals surface area contributed by atoms with Crippen LogP contribution in [0, 0.1) is 0 Å². The third-order valence-electron chi connectivity index (χ3n) is 7.97. The minimum atomic E-state index is 0.870. The number of furan rings is 1. The van der Waals surface area contributed by atoms with Crippen LogP contribution in [0.5, 0.6) is 11.5 Å². The molecule has 0 N–H and O–H groups in total. The molecule has 0 saturated carbocycles. The lowest BCUT2D eigenvalue weighted by Gasteiger charge is -2.21. The van der Waals surface area contributed by atoms with E-state index in [0.29, 0.717) is 0 Å². The highest BCUT2D eigenvalue weighted by Crippen LogP contribution is 2.47. The maximum Gasteiger partial charge on any atom is 0.152 e. The van der Waals surface area contributed by atoms with Gasteiger partial charge >= 0.3 is 0 Å². The van der Waals surface area contributed by atoms with Crippen molar-refractivity contribution in [1.29, 1.82) is 0 Å². The minimum absolute atomic E-state index is 0.870. The van der Waals surface area contributed by atoms with Gasteiger partial charge in [-0.15, -0.1) is 0 Å². The first-order valence-electron chi connectivity index (χ1n) is 13.2. The van der Waals surface area contributed by atoms with E-state index in [9.17, 15) is 0 Å². The van der Waals surface area contributed by atoms with Crippen LogP contribution in [0.3, 0.4) is 0 Å². The molecule has 9 rings (SSSR count). The summed E-state index contributed by atoms with van der Waals surface area (Å²) in [7, 11) is 0. The number of ether oxygens (including phenoxy) is 1. The first kappa shape index (κ1) is 20.7. The van der Waals surface area contributed by atoms with Crippen LogP contribution in [0.25, 0.3) is 71.7 Å². The molecule has 3 heteroatoms. The number of hydrogen-bond acceptors (Lipinski definition) is 2. The summed E-state index contributed by atoms with van der Waals surface area (Å²) in [6.45, 7) is 0. The predicted octanol–water partition coefficient (Wildman–Crippen LogP) is 10.1. The molecule has 3 nitrogen and oxygen atoms in total. The van der Waals surface area contributed by atoms with Crippen molar-refractivity contribution in [3.8, 4) is 39.4 Å². The van der Waals surface area contributed by atoms with Crippen LogP contribution in [-0.4, -0.2) is 4.57 Å². The van der Waals surface area contributed by atoms with E-state index in [1.54, 1.807) is 0 Å². The standard InChI is InChI=1S/C36H21NO2/c1-3-15-30-26(11-1)29-20-24(21-34-35(29)37(30)31-16-4-6-18-33(31)38-34)22-9-7-10-23(19-22)25-13-8-14-28-27-12-2-5-17-32(27)39-36(25)28/h1-21H. The highest BCUT2D eigenvalue weighted by atomic mass is 16.5. The van der Waals surface area contributed by atoms with Gasteiger partial charge in [-0.2, -0.15) is 0 Å². The van der Waals surface area contributed by atoms with E-state index in [-0.39, 0.29) is 0 Å². The molecule has 0 fully saturated rings. The van der Waals surface area contributed by atoms with Gasteiger partial charge in [-0.1, -0.05) is 84.9 Å².